The van der Waals surface area contributed by atoms with E-state index in [1.807, 2.05) is 71.9 Å². The first-order chi connectivity index (χ1) is 12.2. The van der Waals surface area contributed by atoms with Gasteiger partial charge in [0.2, 0.25) is 0 Å². The summed E-state index contributed by atoms with van der Waals surface area (Å²) in [5.41, 5.74) is 0. The molecule has 0 N–H and O–H groups in total. The molecule has 0 bridgehead atoms. The summed E-state index contributed by atoms with van der Waals surface area (Å²) in [4.78, 5) is 0. The van der Waals surface area contributed by atoms with Gasteiger partial charge in [-0.25, -0.2) is 12.1 Å². The van der Waals surface area contributed by atoms with Crippen molar-refractivity contribution in [1.29, 1.82) is 0 Å². The molecular weight excluding hydrogens is 465 g/mol. The first kappa shape index (κ1) is 31.3. The van der Waals surface area contributed by atoms with Gasteiger partial charge in [-0.15, -0.1) is 0 Å². The minimum Gasteiger partial charge on any atom is -0.214 e. The Balaban J connectivity index is -0.000000314. The third-order valence-corrected chi connectivity index (χ3v) is 5.27. The molecule has 0 heterocycles. The molecule has 1 rings (SSSR count). The second-order valence-electron chi connectivity index (χ2n) is 4.06. The van der Waals surface area contributed by atoms with E-state index in [1.54, 1.807) is 0 Å². The summed E-state index contributed by atoms with van der Waals surface area (Å²) in [5.74, 6) is 0. The Morgan fingerprint density at radius 3 is 0.885 bits per heavy atom. The fourth-order valence-corrected chi connectivity index (χ4v) is 3.19. The van der Waals surface area contributed by atoms with Crippen LogP contribution in [0.4, 0.5) is 0 Å². The van der Waals surface area contributed by atoms with Crippen molar-refractivity contribution in [3.8, 4) is 0 Å². The Bertz CT molecular complexity index is 256. The Kier molecular flexibility index (Phi) is 33.5. The van der Waals surface area contributed by atoms with Crippen molar-refractivity contribution >= 4 is 17.2 Å². The van der Waals surface area contributed by atoms with E-state index in [0.29, 0.717) is 39.6 Å². The molecule has 0 saturated heterocycles. The van der Waals surface area contributed by atoms with Gasteiger partial charge in [-0.3, -0.25) is 0 Å². The van der Waals surface area contributed by atoms with Crippen LogP contribution in [-0.2, 0) is 46.6 Å². The Morgan fingerprint density at radius 2 is 0.769 bits per heavy atom. The molecule has 0 aliphatic rings. The van der Waals surface area contributed by atoms with E-state index in [4.69, 9.17) is 27.1 Å². The van der Waals surface area contributed by atoms with Crippen LogP contribution in [0.2, 0.25) is 0 Å². The van der Waals surface area contributed by atoms with Gasteiger partial charge in [0.1, 0.15) is 0 Å². The van der Waals surface area contributed by atoms with Gasteiger partial charge < -0.3 is 0 Å². The molecule has 1 aromatic rings. The smallest absolute Gasteiger partial charge is 0.214 e. The summed E-state index contributed by atoms with van der Waals surface area (Å²) < 4.78 is 31.1. The molecule has 0 atom stereocenters. The third-order valence-electron chi connectivity index (χ3n) is 2.13. The van der Waals surface area contributed by atoms with Gasteiger partial charge in [-0.2, -0.15) is 45.3 Å². The molecule has 9 heteroatoms. The van der Waals surface area contributed by atoms with Crippen LogP contribution >= 0.6 is 17.2 Å². The summed E-state index contributed by atoms with van der Waals surface area (Å²) in [5, 5.41) is 0. The normalized spacial score (nSPS) is 9.85. The van der Waals surface area contributed by atoms with E-state index in [1.165, 1.54) is 0 Å². The van der Waals surface area contributed by atoms with Crippen LogP contribution in [0.25, 0.3) is 0 Å². The van der Waals surface area contributed by atoms with Gasteiger partial charge in [-0.05, 0) is 41.5 Å². The molecule has 0 amide bonds. The van der Waals surface area contributed by atoms with Gasteiger partial charge in [0.05, 0.1) is 39.6 Å². The van der Waals surface area contributed by atoms with Crippen molar-refractivity contribution in [2.45, 2.75) is 41.5 Å². The number of hydrogen-bond donors (Lipinski definition) is 0. The van der Waals surface area contributed by atoms with Crippen LogP contribution in [0.15, 0.2) is 30.3 Å². The van der Waals surface area contributed by atoms with Crippen LogP contribution in [-0.4, -0.2) is 39.6 Å². The summed E-state index contributed by atoms with van der Waals surface area (Å²) in [7, 11) is -2.79. The summed E-state index contributed by atoms with van der Waals surface area (Å²) in [6.45, 7) is 15.6. The van der Waals surface area contributed by atoms with Crippen LogP contribution < -0.4 is 0 Å². The first-order valence-corrected chi connectivity index (χ1v) is 11.3. The average Bonchev–Trinajstić information content (AvgIpc) is 3.17. The maximum absolute atomic E-state index is 5.18. The average molecular weight is 502 g/mol. The van der Waals surface area contributed by atoms with Crippen molar-refractivity contribution < 1.29 is 46.6 Å². The monoisotopic (exact) mass is 502 g/mol. The minimum atomic E-state index is -1.40. The fourth-order valence-electron chi connectivity index (χ4n) is 1.28. The van der Waals surface area contributed by atoms with Gasteiger partial charge >= 0.3 is 17.2 Å². The molecular formula is C17H37O6P2Rh+. The van der Waals surface area contributed by atoms with Crippen LogP contribution in [0.1, 0.15) is 41.5 Å². The SMILES string of the molecule is CCO[PH+](OCC)OCC.CCO[PH+](OCC)OCC.[Rh].c1cc[cH-]c1. The van der Waals surface area contributed by atoms with Crippen molar-refractivity contribution in [3.63, 3.8) is 0 Å². The maximum Gasteiger partial charge on any atom is 0.397 e. The topological polar surface area (TPSA) is 55.4 Å². The molecule has 1 radical (unpaired) electrons. The maximum atomic E-state index is 5.18. The van der Waals surface area contributed by atoms with E-state index in [2.05, 4.69) is 0 Å². The van der Waals surface area contributed by atoms with E-state index >= 15 is 0 Å². The molecule has 0 aliphatic carbocycles. The van der Waals surface area contributed by atoms with E-state index in [9.17, 15) is 0 Å². The largest absolute Gasteiger partial charge is 0.397 e. The molecule has 1 aromatic carbocycles. The van der Waals surface area contributed by atoms with Crippen LogP contribution in [0.3, 0.4) is 0 Å². The molecule has 0 saturated carbocycles. The zero-order valence-corrected chi connectivity index (χ0v) is 20.6. The zero-order chi connectivity index (χ0) is 19.2. The Labute approximate surface area is 175 Å². The van der Waals surface area contributed by atoms with Crippen molar-refractivity contribution in [1.82, 2.24) is 0 Å². The van der Waals surface area contributed by atoms with Gasteiger partial charge in [-0.1, -0.05) is 0 Å². The van der Waals surface area contributed by atoms with E-state index < -0.39 is 17.2 Å². The van der Waals surface area contributed by atoms with Crippen LogP contribution in [0.5, 0.6) is 0 Å². The summed E-state index contributed by atoms with van der Waals surface area (Å²) in [6, 6.07) is 10.0. The standard InChI is InChI=1S/2C6H16O3P.C5H5.Rh/c2*1-4-7-10(8-5-2)9-6-3;1-2-4-5-3-1;/h2*10H,4-6H2,1-3H3;1-5H;/q2*+1;-1;. The van der Waals surface area contributed by atoms with E-state index in [0.717, 1.165) is 0 Å². The summed E-state index contributed by atoms with van der Waals surface area (Å²) in [6.07, 6.45) is 0. The molecule has 6 nitrogen and oxygen atoms in total. The molecule has 26 heavy (non-hydrogen) atoms. The Morgan fingerprint density at radius 1 is 0.538 bits per heavy atom. The van der Waals surface area contributed by atoms with Crippen molar-refractivity contribution in [2.75, 3.05) is 39.6 Å². The van der Waals surface area contributed by atoms with Crippen molar-refractivity contribution in [2.24, 2.45) is 0 Å². The molecule has 0 aliphatic heterocycles. The first-order valence-electron chi connectivity index (χ1n) is 8.87. The van der Waals surface area contributed by atoms with Crippen molar-refractivity contribution in [3.05, 3.63) is 30.3 Å². The quantitative estimate of drug-likeness (QED) is 0.213. The number of rotatable bonds is 12. The second-order valence-corrected chi connectivity index (χ2v) is 6.79. The van der Waals surface area contributed by atoms with Crippen LogP contribution in [0, 0.1) is 0 Å². The molecule has 159 valence electrons. The molecule has 0 fully saturated rings. The van der Waals surface area contributed by atoms with Gasteiger partial charge in [0.25, 0.3) is 0 Å². The summed E-state index contributed by atoms with van der Waals surface area (Å²) >= 11 is 0. The molecule has 0 spiro atoms. The fraction of sp³-hybridized carbons (Fsp3) is 0.706. The second kappa shape index (κ2) is 27.8. The predicted octanol–water partition coefficient (Wildman–Crippen LogP) is 5.51. The van der Waals surface area contributed by atoms with Gasteiger partial charge in [0.15, 0.2) is 0 Å². The molecule has 0 aromatic heterocycles. The van der Waals surface area contributed by atoms with Gasteiger partial charge in [0, 0.05) is 19.5 Å². The Hall–Kier alpha value is 0.593. The predicted molar refractivity (Wildman–Crippen MR) is 108 cm³/mol. The minimum absolute atomic E-state index is 0. The zero-order valence-electron chi connectivity index (χ0n) is 16.9. The third kappa shape index (κ3) is 24.6. The number of hydrogen-bond acceptors (Lipinski definition) is 6. The molecule has 0 unspecified atom stereocenters. The van der Waals surface area contributed by atoms with E-state index in [-0.39, 0.29) is 19.5 Å².